The Hall–Kier alpha value is -3.87. The fraction of sp³-hybridized carbons (Fsp3) is 0.370. The minimum absolute atomic E-state index is 0.00896. The van der Waals surface area contributed by atoms with Crippen molar-refractivity contribution in [3.63, 3.8) is 0 Å². The number of nitrogens with zero attached hydrogens (tertiary/aromatic N) is 4. The number of aryl methyl sites for hydroxylation is 1. The fourth-order valence-corrected chi connectivity index (χ4v) is 4.54. The molecule has 3 fully saturated rings. The standard InChI is InChI=1S/C27H25N5O4/c1-17-23-13-30-24(31-26(34)18-2-3-18)10-22(23)19(11-28-17)4-5-20-6-7-21(12-29-20)32-15-27(8-9-35-16-27)36-14-25(32)33/h6-7,10-13,18H,2-3,8-9,14-16H2,1H3,(H,30,31,34). The van der Waals surface area contributed by atoms with E-state index in [4.69, 9.17) is 9.47 Å². The number of fused-ring (bicyclic) bond motifs is 1. The van der Waals surface area contributed by atoms with Crippen molar-refractivity contribution >= 4 is 34.1 Å². The molecule has 9 heteroatoms. The summed E-state index contributed by atoms with van der Waals surface area (Å²) in [6.07, 6.45) is 7.74. The minimum atomic E-state index is -0.433. The number of morpholine rings is 1. The van der Waals surface area contributed by atoms with Gasteiger partial charge in [-0.05, 0) is 43.9 Å². The van der Waals surface area contributed by atoms with E-state index in [1.54, 1.807) is 29.6 Å². The topological polar surface area (TPSA) is 107 Å². The second kappa shape index (κ2) is 8.97. The van der Waals surface area contributed by atoms with Crippen LogP contribution in [0.1, 0.15) is 36.2 Å². The number of hydrogen-bond donors (Lipinski definition) is 1. The van der Waals surface area contributed by atoms with Crippen LogP contribution in [0.25, 0.3) is 10.8 Å². The van der Waals surface area contributed by atoms with Crippen LogP contribution in [-0.4, -0.2) is 58.7 Å². The molecule has 2 saturated heterocycles. The van der Waals surface area contributed by atoms with Crippen molar-refractivity contribution in [2.24, 2.45) is 5.92 Å². The predicted molar refractivity (Wildman–Crippen MR) is 132 cm³/mol. The molecule has 0 bridgehead atoms. The van der Waals surface area contributed by atoms with Gasteiger partial charge in [0.25, 0.3) is 5.91 Å². The first kappa shape index (κ1) is 22.6. The van der Waals surface area contributed by atoms with E-state index in [2.05, 4.69) is 32.1 Å². The second-order valence-corrected chi connectivity index (χ2v) is 9.54. The third kappa shape index (κ3) is 4.41. The van der Waals surface area contributed by atoms with Crippen LogP contribution in [0, 0.1) is 24.7 Å². The number of rotatable bonds is 3. The van der Waals surface area contributed by atoms with Gasteiger partial charge in [-0.2, -0.15) is 0 Å². The monoisotopic (exact) mass is 483 g/mol. The summed E-state index contributed by atoms with van der Waals surface area (Å²) in [4.78, 5) is 39.7. The molecule has 3 aromatic rings. The van der Waals surface area contributed by atoms with Gasteiger partial charge in [-0.3, -0.25) is 14.6 Å². The highest BCUT2D eigenvalue weighted by Gasteiger charge is 2.43. The Kier molecular flexibility index (Phi) is 5.63. The van der Waals surface area contributed by atoms with E-state index >= 15 is 0 Å². The molecule has 1 N–H and O–H groups in total. The number of carbonyl (C=O) groups is 2. The van der Waals surface area contributed by atoms with Gasteiger partial charge in [0.2, 0.25) is 5.91 Å². The molecule has 1 atom stereocenters. The Morgan fingerprint density at radius 2 is 2.03 bits per heavy atom. The van der Waals surface area contributed by atoms with Crippen LogP contribution >= 0.6 is 0 Å². The van der Waals surface area contributed by atoms with Crippen molar-refractivity contribution in [3.05, 3.63) is 53.7 Å². The molecular weight excluding hydrogens is 458 g/mol. The lowest BCUT2D eigenvalue weighted by molar-refractivity contribution is -0.138. The molecule has 182 valence electrons. The van der Waals surface area contributed by atoms with E-state index in [1.165, 1.54) is 0 Å². The van der Waals surface area contributed by atoms with Gasteiger partial charge >= 0.3 is 0 Å². The molecule has 2 aliphatic heterocycles. The molecule has 5 heterocycles. The van der Waals surface area contributed by atoms with Gasteiger partial charge in [-0.15, -0.1) is 0 Å². The summed E-state index contributed by atoms with van der Waals surface area (Å²) in [5.74, 6) is 6.78. The average molecular weight is 484 g/mol. The molecule has 3 aliphatic rings. The lowest BCUT2D eigenvalue weighted by Crippen LogP contribution is -2.55. The largest absolute Gasteiger partial charge is 0.378 e. The zero-order chi connectivity index (χ0) is 24.7. The van der Waals surface area contributed by atoms with Gasteiger partial charge in [0.1, 0.15) is 23.7 Å². The number of anilines is 2. The first-order chi connectivity index (χ1) is 17.5. The van der Waals surface area contributed by atoms with E-state index in [0.717, 1.165) is 41.3 Å². The van der Waals surface area contributed by atoms with Crippen molar-refractivity contribution in [1.82, 2.24) is 15.0 Å². The van der Waals surface area contributed by atoms with E-state index in [-0.39, 0.29) is 24.3 Å². The number of nitrogens with one attached hydrogen (secondary N) is 1. The summed E-state index contributed by atoms with van der Waals surface area (Å²) in [7, 11) is 0. The maximum Gasteiger partial charge on any atom is 0.253 e. The maximum absolute atomic E-state index is 12.5. The van der Waals surface area contributed by atoms with Crippen LogP contribution in [-0.2, 0) is 19.1 Å². The quantitative estimate of drug-likeness (QED) is 0.571. The van der Waals surface area contributed by atoms with Gasteiger partial charge in [0.15, 0.2) is 0 Å². The summed E-state index contributed by atoms with van der Waals surface area (Å²) in [5.41, 5.74) is 2.41. The van der Waals surface area contributed by atoms with Gasteiger partial charge in [-0.25, -0.2) is 9.97 Å². The minimum Gasteiger partial charge on any atom is -0.378 e. The molecule has 1 aliphatic carbocycles. The lowest BCUT2D eigenvalue weighted by Gasteiger charge is -2.38. The Bertz CT molecular complexity index is 1420. The summed E-state index contributed by atoms with van der Waals surface area (Å²) < 4.78 is 11.3. The lowest BCUT2D eigenvalue weighted by atomic mass is 10.0. The van der Waals surface area contributed by atoms with Crippen LogP contribution in [0.15, 0.2) is 36.8 Å². The molecule has 0 aromatic carbocycles. The maximum atomic E-state index is 12.5. The Labute approximate surface area is 208 Å². The first-order valence-corrected chi connectivity index (χ1v) is 12.1. The molecule has 3 aromatic heterocycles. The first-order valence-electron chi connectivity index (χ1n) is 12.1. The van der Waals surface area contributed by atoms with Crippen molar-refractivity contribution in [2.45, 2.75) is 31.8 Å². The highest BCUT2D eigenvalue weighted by molar-refractivity contribution is 5.97. The second-order valence-electron chi connectivity index (χ2n) is 9.54. The van der Waals surface area contributed by atoms with E-state index in [1.807, 2.05) is 19.1 Å². The molecule has 0 radical (unpaired) electrons. The SMILES string of the molecule is Cc1ncc(C#Cc2ccc(N3CC4(CCOC4)OCC3=O)cn2)c2cc(NC(=O)C3CC3)ncc12. The molecule has 1 unspecified atom stereocenters. The number of amides is 2. The molecule has 1 saturated carbocycles. The summed E-state index contributed by atoms with van der Waals surface area (Å²) in [6, 6.07) is 5.50. The van der Waals surface area contributed by atoms with Crippen LogP contribution in [0.3, 0.4) is 0 Å². The Morgan fingerprint density at radius 3 is 2.78 bits per heavy atom. The number of carbonyl (C=O) groups excluding carboxylic acids is 2. The molecule has 6 rings (SSSR count). The van der Waals surface area contributed by atoms with Gasteiger partial charge in [0.05, 0.1) is 30.6 Å². The van der Waals surface area contributed by atoms with Crippen LogP contribution in [0.4, 0.5) is 11.5 Å². The zero-order valence-electron chi connectivity index (χ0n) is 19.9. The normalized spacial score (nSPS) is 21.5. The number of ether oxygens (including phenoxy) is 2. The summed E-state index contributed by atoms with van der Waals surface area (Å²) >= 11 is 0. The van der Waals surface area contributed by atoms with E-state index in [9.17, 15) is 9.59 Å². The molecule has 2 amide bonds. The highest BCUT2D eigenvalue weighted by Crippen LogP contribution is 2.31. The van der Waals surface area contributed by atoms with Crippen LogP contribution < -0.4 is 10.2 Å². The van der Waals surface area contributed by atoms with E-state index in [0.29, 0.717) is 37.0 Å². The fourth-order valence-electron chi connectivity index (χ4n) is 4.54. The van der Waals surface area contributed by atoms with Gasteiger partial charge in [-0.1, -0.05) is 5.92 Å². The Morgan fingerprint density at radius 1 is 1.14 bits per heavy atom. The molecule has 36 heavy (non-hydrogen) atoms. The third-order valence-corrected chi connectivity index (χ3v) is 6.87. The van der Waals surface area contributed by atoms with E-state index < -0.39 is 5.60 Å². The predicted octanol–water partition coefficient (Wildman–Crippen LogP) is 2.60. The van der Waals surface area contributed by atoms with Crippen molar-refractivity contribution in [3.8, 4) is 11.8 Å². The van der Waals surface area contributed by atoms with Crippen molar-refractivity contribution in [1.29, 1.82) is 0 Å². The van der Waals surface area contributed by atoms with Gasteiger partial charge in [0, 0.05) is 47.8 Å². The summed E-state index contributed by atoms with van der Waals surface area (Å²) in [5, 5.41) is 4.65. The Balaban J connectivity index is 1.24. The highest BCUT2D eigenvalue weighted by atomic mass is 16.6. The third-order valence-electron chi connectivity index (χ3n) is 6.87. The number of hydrogen-bond acceptors (Lipinski definition) is 7. The smallest absolute Gasteiger partial charge is 0.253 e. The molecule has 9 nitrogen and oxygen atoms in total. The van der Waals surface area contributed by atoms with Gasteiger partial charge < -0.3 is 19.7 Å². The average Bonchev–Trinajstić information content (AvgIpc) is 3.66. The summed E-state index contributed by atoms with van der Waals surface area (Å²) in [6.45, 7) is 3.54. The molecular formula is C27H25N5O4. The van der Waals surface area contributed by atoms with Crippen molar-refractivity contribution < 1.29 is 19.1 Å². The number of aromatic nitrogens is 3. The number of pyridine rings is 3. The molecule has 1 spiro atoms. The zero-order valence-corrected chi connectivity index (χ0v) is 19.9. The van der Waals surface area contributed by atoms with Crippen LogP contribution in [0.2, 0.25) is 0 Å². The van der Waals surface area contributed by atoms with Crippen molar-refractivity contribution in [2.75, 3.05) is 36.6 Å². The van der Waals surface area contributed by atoms with Crippen LogP contribution in [0.5, 0.6) is 0 Å².